The largest absolute Gasteiger partial charge is 0.423 e. The van der Waals surface area contributed by atoms with Crippen LogP contribution in [-0.2, 0) is 4.84 Å². The first-order valence-electron chi connectivity index (χ1n) is 2.56. The van der Waals surface area contributed by atoms with E-state index in [2.05, 4.69) is 9.94 Å². The molecule has 7 heteroatoms. The van der Waals surface area contributed by atoms with Crippen molar-refractivity contribution >= 4 is 6.09 Å². The van der Waals surface area contributed by atoms with Crippen molar-refractivity contribution in [2.24, 2.45) is 0 Å². The van der Waals surface area contributed by atoms with Crippen LogP contribution in [0.15, 0.2) is 18.5 Å². The maximum Gasteiger partial charge on any atom is 0.423 e. The molecular formula is C4H3N3O4. The summed E-state index contributed by atoms with van der Waals surface area (Å²) >= 11 is 0. The van der Waals surface area contributed by atoms with Crippen LogP contribution in [0.4, 0.5) is 4.79 Å². The summed E-state index contributed by atoms with van der Waals surface area (Å²) in [4.78, 5) is 23.8. The fourth-order valence-electron chi connectivity index (χ4n) is 0.482. The molecule has 58 valence electrons. The predicted octanol–water partition coefficient (Wildman–Crippen LogP) is 0.0595. The second-order valence-electron chi connectivity index (χ2n) is 1.53. The van der Waals surface area contributed by atoms with E-state index in [0.717, 1.165) is 0 Å². The molecule has 0 radical (unpaired) electrons. The SMILES string of the molecule is O=C(O[N+](=O)[O-])n1cccn1. The minimum absolute atomic E-state index is 0.711. The third kappa shape index (κ3) is 1.75. The van der Waals surface area contributed by atoms with Gasteiger partial charge in [-0.15, -0.1) is 10.1 Å². The summed E-state index contributed by atoms with van der Waals surface area (Å²) in [5.74, 6) is 0. The van der Waals surface area contributed by atoms with Crippen LogP contribution in [-0.4, -0.2) is 21.0 Å². The maximum absolute atomic E-state index is 10.6. The Labute approximate surface area is 60.3 Å². The molecule has 0 amide bonds. The molecule has 0 saturated carbocycles. The lowest BCUT2D eigenvalue weighted by Crippen LogP contribution is -2.17. The van der Waals surface area contributed by atoms with E-state index in [9.17, 15) is 14.9 Å². The lowest BCUT2D eigenvalue weighted by molar-refractivity contribution is -0.727. The van der Waals surface area contributed by atoms with E-state index < -0.39 is 11.2 Å². The third-order valence-electron chi connectivity index (χ3n) is 0.844. The lowest BCUT2D eigenvalue weighted by atomic mass is 10.8. The fourth-order valence-corrected chi connectivity index (χ4v) is 0.482. The molecule has 1 heterocycles. The number of hydrogen-bond donors (Lipinski definition) is 0. The van der Waals surface area contributed by atoms with Crippen LogP contribution in [0.5, 0.6) is 0 Å². The topological polar surface area (TPSA) is 87.3 Å². The minimum Gasteiger partial charge on any atom is -0.240 e. The van der Waals surface area contributed by atoms with E-state index in [4.69, 9.17) is 0 Å². The average molecular weight is 157 g/mol. The molecule has 1 rings (SSSR count). The van der Waals surface area contributed by atoms with Gasteiger partial charge >= 0.3 is 11.2 Å². The lowest BCUT2D eigenvalue weighted by Gasteiger charge is -1.93. The number of aromatic nitrogens is 2. The van der Waals surface area contributed by atoms with E-state index in [1.54, 1.807) is 0 Å². The van der Waals surface area contributed by atoms with Crippen molar-refractivity contribution in [1.29, 1.82) is 0 Å². The second-order valence-corrected chi connectivity index (χ2v) is 1.53. The van der Waals surface area contributed by atoms with Gasteiger partial charge in [0.25, 0.3) is 0 Å². The molecule has 0 aliphatic rings. The van der Waals surface area contributed by atoms with Crippen LogP contribution in [0, 0.1) is 10.1 Å². The predicted molar refractivity (Wildman–Crippen MR) is 31.1 cm³/mol. The molecule has 0 aromatic carbocycles. The van der Waals surface area contributed by atoms with E-state index in [0.29, 0.717) is 4.68 Å². The Morgan fingerprint density at radius 2 is 2.45 bits per heavy atom. The molecule has 0 saturated heterocycles. The van der Waals surface area contributed by atoms with Gasteiger partial charge in [-0.25, -0.2) is 9.63 Å². The van der Waals surface area contributed by atoms with Gasteiger partial charge in [0.1, 0.15) is 0 Å². The maximum atomic E-state index is 10.6. The second kappa shape index (κ2) is 2.78. The molecule has 0 aliphatic heterocycles. The highest BCUT2D eigenvalue weighted by molar-refractivity contribution is 5.68. The Kier molecular flexibility index (Phi) is 1.81. The highest BCUT2D eigenvalue weighted by Crippen LogP contribution is 1.87. The summed E-state index contributed by atoms with van der Waals surface area (Å²) in [7, 11) is 0. The van der Waals surface area contributed by atoms with Crippen LogP contribution in [0.25, 0.3) is 0 Å². The van der Waals surface area contributed by atoms with Crippen LogP contribution in [0.1, 0.15) is 0 Å². The molecule has 0 N–H and O–H groups in total. The number of carbonyl (C=O) groups excluding carboxylic acids is 1. The van der Waals surface area contributed by atoms with Gasteiger partial charge in [0, 0.05) is 12.4 Å². The summed E-state index contributed by atoms with van der Waals surface area (Å²) in [6.45, 7) is 0. The zero-order valence-corrected chi connectivity index (χ0v) is 5.21. The van der Waals surface area contributed by atoms with Gasteiger partial charge in [-0.2, -0.15) is 9.78 Å². The molecule has 0 bridgehead atoms. The fraction of sp³-hybridized carbons (Fsp3) is 0. The zero-order chi connectivity index (χ0) is 8.27. The van der Waals surface area contributed by atoms with Crippen LogP contribution in [0.2, 0.25) is 0 Å². The first kappa shape index (κ1) is 7.19. The summed E-state index contributed by atoms with van der Waals surface area (Å²) in [5, 5.41) is 11.8. The highest BCUT2D eigenvalue weighted by Gasteiger charge is 2.08. The number of rotatable bonds is 1. The Bertz CT molecular complexity index is 267. The molecule has 11 heavy (non-hydrogen) atoms. The van der Waals surface area contributed by atoms with E-state index in [1.807, 2.05) is 0 Å². The van der Waals surface area contributed by atoms with Gasteiger partial charge in [-0.3, -0.25) is 0 Å². The first-order valence-corrected chi connectivity index (χ1v) is 2.56. The molecule has 1 aromatic rings. The molecule has 0 spiro atoms. The Morgan fingerprint density at radius 1 is 1.73 bits per heavy atom. The van der Waals surface area contributed by atoms with Gasteiger partial charge in [0.05, 0.1) is 0 Å². The van der Waals surface area contributed by atoms with E-state index in [-0.39, 0.29) is 0 Å². The van der Waals surface area contributed by atoms with Crippen LogP contribution < -0.4 is 0 Å². The van der Waals surface area contributed by atoms with Gasteiger partial charge in [0.15, 0.2) is 0 Å². The van der Waals surface area contributed by atoms with Crippen molar-refractivity contribution in [2.45, 2.75) is 0 Å². The van der Waals surface area contributed by atoms with Gasteiger partial charge < -0.3 is 0 Å². The van der Waals surface area contributed by atoms with Crippen molar-refractivity contribution in [2.75, 3.05) is 0 Å². The quantitative estimate of drug-likeness (QED) is 0.424. The average Bonchev–Trinajstić information content (AvgIpc) is 2.35. The van der Waals surface area contributed by atoms with Crippen LogP contribution in [0.3, 0.4) is 0 Å². The van der Waals surface area contributed by atoms with Gasteiger partial charge in [0.2, 0.25) is 0 Å². The molecular weight excluding hydrogens is 154 g/mol. The summed E-state index contributed by atoms with van der Waals surface area (Å²) in [6.07, 6.45) is 1.41. The monoisotopic (exact) mass is 157 g/mol. The van der Waals surface area contributed by atoms with E-state index in [1.165, 1.54) is 18.5 Å². The smallest absolute Gasteiger partial charge is 0.240 e. The third-order valence-corrected chi connectivity index (χ3v) is 0.844. The Morgan fingerprint density at radius 3 is 2.91 bits per heavy atom. The minimum atomic E-state index is -1.19. The Hall–Kier alpha value is -1.92. The van der Waals surface area contributed by atoms with Crippen LogP contribution >= 0.6 is 0 Å². The molecule has 0 fully saturated rings. The van der Waals surface area contributed by atoms with Crippen molar-refractivity contribution < 1.29 is 14.7 Å². The Balaban J connectivity index is 2.64. The standard InChI is InChI=1S/C4H3N3O4/c8-4(11-7(9)10)6-3-1-2-5-6/h1-3H. The van der Waals surface area contributed by atoms with Crippen molar-refractivity contribution in [1.82, 2.24) is 9.78 Å². The first-order chi connectivity index (χ1) is 5.20. The molecule has 0 unspecified atom stereocenters. The number of hydrogen-bond acceptors (Lipinski definition) is 5. The molecule has 0 atom stereocenters. The van der Waals surface area contributed by atoms with Crippen molar-refractivity contribution in [3.8, 4) is 0 Å². The molecule has 7 nitrogen and oxygen atoms in total. The van der Waals surface area contributed by atoms with E-state index >= 15 is 0 Å². The highest BCUT2D eigenvalue weighted by atomic mass is 17.0. The van der Waals surface area contributed by atoms with Crippen molar-refractivity contribution in [3.05, 3.63) is 28.6 Å². The molecule has 0 aliphatic carbocycles. The molecule has 1 aromatic heterocycles. The van der Waals surface area contributed by atoms with Gasteiger partial charge in [-0.05, 0) is 6.07 Å². The van der Waals surface area contributed by atoms with Gasteiger partial charge in [-0.1, -0.05) is 0 Å². The normalized spacial score (nSPS) is 9.09. The summed E-state index contributed by atoms with van der Waals surface area (Å²) in [5.41, 5.74) is 0. The number of carbonyl (C=O) groups is 1. The summed E-state index contributed by atoms with van der Waals surface area (Å²) in [6, 6.07) is 1.45. The summed E-state index contributed by atoms with van der Waals surface area (Å²) < 4.78 is 0.711. The van der Waals surface area contributed by atoms with Crippen molar-refractivity contribution in [3.63, 3.8) is 0 Å². The number of nitrogens with zero attached hydrogens (tertiary/aromatic N) is 3. The zero-order valence-electron chi connectivity index (χ0n) is 5.21.